The van der Waals surface area contributed by atoms with Crippen molar-refractivity contribution in [3.63, 3.8) is 0 Å². The fraction of sp³-hybridized carbons (Fsp3) is 0.375. The first kappa shape index (κ1) is 27.0. The Balaban J connectivity index is 0.00000181. The number of methoxy groups -OCH3 is 1. The van der Waals surface area contributed by atoms with Crippen LogP contribution in [0.4, 0.5) is 0 Å². The normalized spacial score (nSPS) is 17.0. The Morgan fingerprint density at radius 3 is 2.38 bits per heavy atom. The van der Waals surface area contributed by atoms with E-state index in [2.05, 4.69) is 52.3 Å². The monoisotopic (exact) mass is 514 g/mol. The molecule has 174 valence electrons. The second-order valence-corrected chi connectivity index (χ2v) is 9.17. The molecule has 2 heterocycles. The van der Waals surface area contributed by atoms with Gasteiger partial charge in [-0.1, -0.05) is 47.6 Å². The summed E-state index contributed by atoms with van der Waals surface area (Å²) in [5.41, 5.74) is 3.82. The van der Waals surface area contributed by atoms with Crippen molar-refractivity contribution in [2.75, 3.05) is 46.4 Å². The molecule has 32 heavy (non-hydrogen) atoms. The second kappa shape index (κ2) is 12.9. The molecule has 2 aliphatic rings. The Hall–Kier alpha value is -1.21. The van der Waals surface area contributed by atoms with Gasteiger partial charge < -0.3 is 14.5 Å². The molecular weight excluding hydrogens is 487 g/mol. The molecule has 2 aliphatic heterocycles. The highest BCUT2D eigenvalue weighted by atomic mass is 35.5. The van der Waals surface area contributed by atoms with Crippen LogP contribution >= 0.6 is 48.2 Å². The molecule has 0 amide bonds. The van der Waals surface area contributed by atoms with Crippen molar-refractivity contribution in [2.45, 2.75) is 22.6 Å². The van der Waals surface area contributed by atoms with Gasteiger partial charge in [0.25, 0.3) is 0 Å². The van der Waals surface area contributed by atoms with Crippen molar-refractivity contribution >= 4 is 59.7 Å². The number of fused-ring (bicyclic) bond motifs is 2. The summed E-state index contributed by atoms with van der Waals surface area (Å²) >= 11 is 8.13. The van der Waals surface area contributed by atoms with E-state index in [1.54, 1.807) is 0 Å². The average Bonchev–Trinajstić information content (AvgIpc) is 2.78. The topological polar surface area (TPSA) is 32.8 Å². The molecule has 4 rings (SSSR count). The van der Waals surface area contributed by atoms with E-state index in [1.807, 2.05) is 17.8 Å². The van der Waals surface area contributed by atoms with E-state index in [1.165, 1.54) is 33.6 Å². The predicted octanol–water partition coefficient (Wildman–Crippen LogP) is 5.65. The first-order valence-electron chi connectivity index (χ1n) is 10.4. The quantitative estimate of drug-likeness (QED) is 0.396. The molecule has 0 N–H and O–H groups in total. The van der Waals surface area contributed by atoms with Crippen LogP contribution in [-0.4, -0.2) is 62.1 Å². The highest BCUT2D eigenvalue weighted by Crippen LogP contribution is 2.46. The molecule has 8 heteroatoms. The molecule has 1 fully saturated rings. The molecule has 0 aliphatic carbocycles. The van der Waals surface area contributed by atoms with Crippen LogP contribution in [0.15, 0.2) is 58.3 Å². The van der Waals surface area contributed by atoms with Crippen LogP contribution < -0.4 is 0 Å². The standard InChI is InChI=1S/C24H27ClN2O2S.2ClH/c1-29-24(28)10-12-27-15-13-26(14-16-27)11-4-6-19-20-5-2-3-7-22(20)30-23-9-8-18(25)17-21(19)23;;/h2-3,5-9,17H,4,10-16H2,1H3;2*1H/b19-6+;;. The van der Waals surface area contributed by atoms with Gasteiger partial charge in [-0.15, -0.1) is 24.8 Å². The maximum absolute atomic E-state index is 11.3. The van der Waals surface area contributed by atoms with Crippen molar-refractivity contribution in [1.29, 1.82) is 0 Å². The Morgan fingerprint density at radius 1 is 1.00 bits per heavy atom. The van der Waals surface area contributed by atoms with Gasteiger partial charge in [0, 0.05) is 54.1 Å². The SMILES string of the molecule is COC(=O)CCN1CCN(CC/C=C2\c3ccccc3Sc3ccc(Cl)cc32)CC1.Cl.Cl. The van der Waals surface area contributed by atoms with Crippen LogP contribution in [0, 0.1) is 0 Å². The largest absolute Gasteiger partial charge is 0.469 e. The third kappa shape index (κ3) is 6.66. The minimum absolute atomic E-state index is 0. The molecule has 2 aromatic carbocycles. The maximum Gasteiger partial charge on any atom is 0.306 e. The number of hydrogen-bond donors (Lipinski definition) is 0. The summed E-state index contributed by atoms with van der Waals surface area (Å²) in [4.78, 5) is 18.8. The molecule has 0 radical (unpaired) electrons. The zero-order valence-corrected chi connectivity index (χ0v) is 21.3. The number of rotatable bonds is 6. The summed E-state index contributed by atoms with van der Waals surface area (Å²) in [6, 6.07) is 14.8. The third-order valence-electron chi connectivity index (χ3n) is 5.75. The minimum atomic E-state index is -0.129. The third-order valence-corrected chi connectivity index (χ3v) is 7.13. The molecular formula is C24H29Cl3N2O2S. The van der Waals surface area contributed by atoms with Crippen LogP contribution in [0.25, 0.3) is 5.57 Å². The van der Waals surface area contributed by atoms with Crippen molar-refractivity contribution in [3.8, 4) is 0 Å². The lowest BCUT2D eigenvalue weighted by Gasteiger charge is -2.34. The Kier molecular flexibility index (Phi) is 10.9. The molecule has 0 spiro atoms. The van der Waals surface area contributed by atoms with E-state index in [4.69, 9.17) is 16.3 Å². The van der Waals surface area contributed by atoms with Crippen LogP contribution in [0.2, 0.25) is 5.02 Å². The molecule has 1 saturated heterocycles. The Morgan fingerprint density at radius 2 is 1.66 bits per heavy atom. The fourth-order valence-corrected chi connectivity index (χ4v) is 5.30. The average molecular weight is 516 g/mol. The lowest BCUT2D eigenvalue weighted by atomic mass is 9.96. The number of carbonyl (C=O) groups is 1. The zero-order chi connectivity index (χ0) is 20.9. The summed E-state index contributed by atoms with van der Waals surface area (Å²) in [5, 5.41) is 0.780. The van der Waals surface area contributed by atoms with E-state index in [9.17, 15) is 4.79 Å². The van der Waals surface area contributed by atoms with Crippen LogP contribution in [-0.2, 0) is 9.53 Å². The maximum atomic E-state index is 11.3. The van der Waals surface area contributed by atoms with Crippen molar-refractivity contribution in [1.82, 2.24) is 9.80 Å². The summed E-state index contributed by atoms with van der Waals surface area (Å²) in [7, 11) is 1.45. The fourth-order valence-electron chi connectivity index (χ4n) is 4.04. The number of esters is 1. The van der Waals surface area contributed by atoms with Gasteiger partial charge in [0.15, 0.2) is 0 Å². The van der Waals surface area contributed by atoms with Crippen molar-refractivity contribution < 1.29 is 9.53 Å². The smallest absolute Gasteiger partial charge is 0.306 e. The Bertz CT molecular complexity index is 947. The lowest BCUT2D eigenvalue weighted by molar-refractivity contribution is -0.141. The minimum Gasteiger partial charge on any atom is -0.469 e. The number of benzene rings is 2. The van der Waals surface area contributed by atoms with E-state index < -0.39 is 0 Å². The van der Waals surface area contributed by atoms with Gasteiger partial charge in [0.05, 0.1) is 13.5 Å². The van der Waals surface area contributed by atoms with Gasteiger partial charge >= 0.3 is 5.97 Å². The van der Waals surface area contributed by atoms with E-state index >= 15 is 0 Å². The summed E-state index contributed by atoms with van der Waals surface area (Å²) in [6.07, 6.45) is 3.85. The number of hydrogen-bond acceptors (Lipinski definition) is 5. The Labute approximate surface area is 212 Å². The van der Waals surface area contributed by atoms with Gasteiger partial charge in [-0.05, 0) is 47.4 Å². The number of carbonyl (C=O) groups excluding carboxylic acids is 1. The molecule has 0 saturated carbocycles. The van der Waals surface area contributed by atoms with Gasteiger partial charge in [-0.3, -0.25) is 4.79 Å². The van der Waals surface area contributed by atoms with Gasteiger partial charge in [-0.25, -0.2) is 0 Å². The highest BCUT2D eigenvalue weighted by Gasteiger charge is 2.21. The first-order valence-corrected chi connectivity index (χ1v) is 11.6. The summed E-state index contributed by atoms with van der Waals surface area (Å²) in [6.45, 7) is 5.92. The molecule has 4 nitrogen and oxygen atoms in total. The van der Waals surface area contributed by atoms with Crippen LogP contribution in [0.1, 0.15) is 24.0 Å². The predicted molar refractivity (Wildman–Crippen MR) is 138 cm³/mol. The lowest BCUT2D eigenvalue weighted by Crippen LogP contribution is -2.47. The molecule has 0 bridgehead atoms. The first-order chi connectivity index (χ1) is 14.6. The molecule has 0 aromatic heterocycles. The summed E-state index contributed by atoms with van der Waals surface area (Å²) < 4.78 is 4.74. The van der Waals surface area contributed by atoms with Crippen molar-refractivity contribution in [2.24, 2.45) is 0 Å². The molecule has 0 atom stereocenters. The number of piperazine rings is 1. The van der Waals surface area contributed by atoms with Gasteiger partial charge in [0.2, 0.25) is 0 Å². The molecule has 0 unspecified atom stereocenters. The van der Waals surface area contributed by atoms with Crippen LogP contribution in [0.3, 0.4) is 0 Å². The summed E-state index contributed by atoms with van der Waals surface area (Å²) in [5.74, 6) is -0.129. The zero-order valence-electron chi connectivity index (χ0n) is 18.1. The second-order valence-electron chi connectivity index (χ2n) is 7.65. The van der Waals surface area contributed by atoms with Gasteiger partial charge in [-0.2, -0.15) is 0 Å². The van der Waals surface area contributed by atoms with Crippen LogP contribution in [0.5, 0.6) is 0 Å². The van der Waals surface area contributed by atoms with E-state index in [0.29, 0.717) is 6.42 Å². The number of halogens is 3. The van der Waals surface area contributed by atoms with E-state index in [-0.39, 0.29) is 30.8 Å². The highest BCUT2D eigenvalue weighted by molar-refractivity contribution is 7.99. The van der Waals surface area contributed by atoms with Crippen molar-refractivity contribution in [3.05, 3.63) is 64.7 Å². The van der Waals surface area contributed by atoms with Gasteiger partial charge in [0.1, 0.15) is 0 Å². The number of nitrogens with zero attached hydrogens (tertiary/aromatic N) is 2. The molecule has 2 aromatic rings. The number of ether oxygens (including phenoxy) is 1. The van der Waals surface area contributed by atoms with E-state index in [0.717, 1.165) is 50.7 Å².